The number of amides is 4. The molecule has 198 valence electrons. The summed E-state index contributed by atoms with van der Waals surface area (Å²) in [5.41, 5.74) is 5.27. The second-order valence-electron chi connectivity index (χ2n) is 8.56. The van der Waals surface area contributed by atoms with Gasteiger partial charge in [-0.1, -0.05) is 19.8 Å². The number of sulfone groups is 1. The SMILES string of the molecule is CC(=O)[C@H](CCCNC(N)=O)NC(=O)C(NC(=O)CCCC#Cc1cc(S(C)(=O)=O)ncn1)C(C)C. The molecule has 0 bridgehead atoms. The lowest BCUT2D eigenvalue weighted by Crippen LogP contribution is -2.53. The van der Waals surface area contributed by atoms with E-state index < -0.39 is 33.9 Å². The first kappa shape index (κ1) is 30.5. The van der Waals surface area contributed by atoms with Crippen LogP contribution in [0.3, 0.4) is 0 Å². The van der Waals surface area contributed by atoms with Gasteiger partial charge in [0.05, 0.1) is 6.04 Å². The number of nitrogens with one attached hydrogen (secondary N) is 3. The smallest absolute Gasteiger partial charge is 0.312 e. The fourth-order valence-corrected chi connectivity index (χ4v) is 3.60. The lowest BCUT2D eigenvalue weighted by atomic mass is 10.0. The van der Waals surface area contributed by atoms with E-state index in [0.29, 0.717) is 25.7 Å². The van der Waals surface area contributed by atoms with Gasteiger partial charge in [-0.25, -0.2) is 23.2 Å². The molecule has 0 aromatic carbocycles. The third-order valence-electron chi connectivity index (χ3n) is 4.99. The lowest BCUT2D eigenvalue weighted by Gasteiger charge is -2.24. The van der Waals surface area contributed by atoms with E-state index in [1.54, 1.807) is 13.8 Å². The Morgan fingerprint density at radius 2 is 1.81 bits per heavy atom. The molecule has 1 unspecified atom stereocenters. The Balaban J connectivity index is 2.59. The molecule has 36 heavy (non-hydrogen) atoms. The number of carbonyl (C=O) groups is 4. The van der Waals surface area contributed by atoms with E-state index in [4.69, 9.17) is 5.73 Å². The van der Waals surface area contributed by atoms with Gasteiger partial charge in [0, 0.05) is 31.7 Å². The van der Waals surface area contributed by atoms with Crippen LogP contribution in [0, 0.1) is 17.8 Å². The predicted octanol–water partition coefficient (Wildman–Crippen LogP) is 0.0650. The first-order chi connectivity index (χ1) is 16.8. The molecule has 2 atom stereocenters. The molecule has 1 aromatic heterocycles. The molecule has 12 nitrogen and oxygen atoms in total. The summed E-state index contributed by atoms with van der Waals surface area (Å²) in [7, 11) is -3.46. The number of carbonyl (C=O) groups excluding carboxylic acids is 4. The zero-order chi connectivity index (χ0) is 27.3. The molecular weight excluding hydrogens is 488 g/mol. The molecule has 0 saturated heterocycles. The van der Waals surface area contributed by atoms with Crippen LogP contribution in [0.2, 0.25) is 0 Å². The van der Waals surface area contributed by atoms with Crippen molar-refractivity contribution in [2.75, 3.05) is 12.8 Å². The largest absolute Gasteiger partial charge is 0.352 e. The van der Waals surface area contributed by atoms with Crippen LogP contribution in [-0.2, 0) is 24.2 Å². The predicted molar refractivity (Wildman–Crippen MR) is 132 cm³/mol. The van der Waals surface area contributed by atoms with Gasteiger partial charge in [0.15, 0.2) is 20.6 Å². The number of hydrogen-bond acceptors (Lipinski definition) is 8. The Hall–Kier alpha value is -3.53. The molecular formula is C23H34N6O6S. The summed E-state index contributed by atoms with van der Waals surface area (Å²) in [5.74, 6) is 4.32. The average Bonchev–Trinajstić information content (AvgIpc) is 2.78. The molecule has 4 amide bonds. The Morgan fingerprint density at radius 3 is 2.39 bits per heavy atom. The van der Waals surface area contributed by atoms with E-state index in [1.165, 1.54) is 13.0 Å². The molecule has 0 radical (unpaired) electrons. The number of primary amides is 1. The number of hydrogen-bond donors (Lipinski definition) is 4. The number of unbranched alkanes of at least 4 members (excludes halogenated alkanes) is 1. The van der Waals surface area contributed by atoms with E-state index in [2.05, 4.69) is 37.8 Å². The van der Waals surface area contributed by atoms with Crippen LogP contribution in [0.25, 0.3) is 0 Å². The van der Waals surface area contributed by atoms with Crippen LogP contribution in [0.4, 0.5) is 4.79 Å². The Labute approximate surface area is 211 Å². The number of nitrogens with zero attached hydrogens (tertiary/aromatic N) is 2. The van der Waals surface area contributed by atoms with Crippen molar-refractivity contribution in [1.29, 1.82) is 0 Å². The number of urea groups is 1. The highest BCUT2D eigenvalue weighted by molar-refractivity contribution is 7.90. The minimum absolute atomic E-state index is 0.117. The molecule has 0 saturated carbocycles. The zero-order valence-corrected chi connectivity index (χ0v) is 21.8. The Morgan fingerprint density at radius 1 is 1.11 bits per heavy atom. The molecule has 0 aliphatic carbocycles. The first-order valence-corrected chi connectivity index (χ1v) is 13.3. The van der Waals surface area contributed by atoms with Crippen LogP contribution < -0.4 is 21.7 Å². The molecule has 1 rings (SSSR count). The maximum Gasteiger partial charge on any atom is 0.312 e. The summed E-state index contributed by atoms with van der Waals surface area (Å²) in [6.07, 6.45) is 3.82. The minimum Gasteiger partial charge on any atom is -0.352 e. The third kappa shape index (κ3) is 11.7. The van der Waals surface area contributed by atoms with Crippen molar-refractivity contribution in [3.8, 4) is 11.8 Å². The molecule has 0 fully saturated rings. The third-order valence-corrected chi connectivity index (χ3v) is 5.97. The highest BCUT2D eigenvalue weighted by Crippen LogP contribution is 2.07. The van der Waals surface area contributed by atoms with E-state index in [1.807, 2.05) is 0 Å². The summed E-state index contributed by atoms with van der Waals surface area (Å²) >= 11 is 0. The Bertz CT molecular complexity index is 1110. The number of nitrogens with two attached hydrogens (primary N) is 1. The van der Waals surface area contributed by atoms with Gasteiger partial charge in [-0.05, 0) is 38.0 Å². The molecule has 13 heteroatoms. The summed E-state index contributed by atoms with van der Waals surface area (Å²) < 4.78 is 23.1. The average molecular weight is 523 g/mol. The van der Waals surface area contributed by atoms with Crippen LogP contribution in [-0.4, -0.2) is 66.9 Å². The van der Waals surface area contributed by atoms with E-state index >= 15 is 0 Å². The highest BCUT2D eigenvalue weighted by atomic mass is 32.2. The fourth-order valence-electron chi connectivity index (χ4n) is 3.04. The number of ketones is 1. The van der Waals surface area contributed by atoms with Crippen LogP contribution in [0.1, 0.15) is 58.6 Å². The number of aromatic nitrogens is 2. The van der Waals surface area contributed by atoms with Crippen molar-refractivity contribution in [2.45, 2.75) is 70.0 Å². The van der Waals surface area contributed by atoms with E-state index in [9.17, 15) is 27.6 Å². The van der Waals surface area contributed by atoms with E-state index in [0.717, 1.165) is 12.6 Å². The molecule has 1 heterocycles. The second kappa shape index (κ2) is 14.8. The number of rotatable bonds is 13. The highest BCUT2D eigenvalue weighted by Gasteiger charge is 2.27. The molecule has 0 aliphatic heterocycles. The van der Waals surface area contributed by atoms with Crippen molar-refractivity contribution in [3.05, 3.63) is 18.1 Å². The molecule has 0 spiro atoms. The van der Waals surface area contributed by atoms with Crippen molar-refractivity contribution >= 4 is 33.5 Å². The van der Waals surface area contributed by atoms with Crippen LogP contribution in [0.5, 0.6) is 0 Å². The minimum atomic E-state index is -3.46. The van der Waals surface area contributed by atoms with Gasteiger partial charge >= 0.3 is 6.03 Å². The van der Waals surface area contributed by atoms with Gasteiger partial charge in [-0.3, -0.25) is 14.4 Å². The summed E-state index contributed by atoms with van der Waals surface area (Å²) in [6.45, 7) is 5.20. The standard InChI is InChI=1S/C23H34N6O6S/c1-15(2)21(22(32)28-18(16(3)30)10-8-12-25-23(24)33)29-19(31)11-7-5-6-9-17-13-20(27-14-26-17)36(4,34)35/h13-15,18,21H,5,7-8,10-12H2,1-4H3,(H,28,32)(H,29,31)(H3,24,25,33)/t18-,21?/m0/s1. The van der Waals surface area contributed by atoms with Crippen molar-refractivity contribution in [3.63, 3.8) is 0 Å². The molecule has 1 aromatic rings. The topological polar surface area (TPSA) is 190 Å². The van der Waals surface area contributed by atoms with Crippen molar-refractivity contribution < 1.29 is 27.6 Å². The van der Waals surface area contributed by atoms with Crippen LogP contribution >= 0.6 is 0 Å². The van der Waals surface area contributed by atoms with Gasteiger partial charge < -0.3 is 21.7 Å². The maximum atomic E-state index is 12.8. The van der Waals surface area contributed by atoms with Gasteiger partial charge in [-0.2, -0.15) is 0 Å². The fraction of sp³-hybridized carbons (Fsp3) is 0.565. The normalized spacial score (nSPS) is 12.6. The maximum absolute atomic E-state index is 12.8. The van der Waals surface area contributed by atoms with Crippen molar-refractivity contribution in [2.24, 2.45) is 11.7 Å². The summed E-state index contributed by atoms with van der Waals surface area (Å²) in [6, 6.07) is -0.957. The van der Waals surface area contributed by atoms with Crippen LogP contribution in [0.15, 0.2) is 17.4 Å². The lowest BCUT2D eigenvalue weighted by molar-refractivity contribution is -0.132. The van der Waals surface area contributed by atoms with Gasteiger partial charge in [0.25, 0.3) is 0 Å². The summed E-state index contributed by atoms with van der Waals surface area (Å²) in [4.78, 5) is 55.4. The zero-order valence-electron chi connectivity index (χ0n) is 21.0. The Kier molecular flexibility index (Phi) is 12.5. The summed E-state index contributed by atoms with van der Waals surface area (Å²) in [5, 5.41) is 7.69. The van der Waals surface area contributed by atoms with Crippen molar-refractivity contribution in [1.82, 2.24) is 25.9 Å². The van der Waals surface area contributed by atoms with Gasteiger partial charge in [0.1, 0.15) is 18.1 Å². The molecule has 5 N–H and O–H groups in total. The van der Waals surface area contributed by atoms with Gasteiger partial charge in [-0.15, -0.1) is 0 Å². The first-order valence-electron chi connectivity index (χ1n) is 11.5. The quantitative estimate of drug-likeness (QED) is 0.159. The number of Topliss-reactive ketones (excluding diaryl/α,β-unsaturated/α-hetero) is 1. The van der Waals surface area contributed by atoms with E-state index in [-0.39, 0.29) is 41.3 Å². The monoisotopic (exact) mass is 522 g/mol. The second-order valence-corrected chi connectivity index (χ2v) is 10.5. The molecule has 0 aliphatic rings. The van der Waals surface area contributed by atoms with Gasteiger partial charge in [0.2, 0.25) is 11.8 Å².